The predicted molar refractivity (Wildman–Crippen MR) is 64.9 cm³/mol. The van der Waals surface area contributed by atoms with Gasteiger partial charge in [0, 0.05) is 19.7 Å². The maximum absolute atomic E-state index is 5.31. The molecule has 17 heavy (non-hydrogen) atoms. The number of hydrogen-bond acceptors (Lipinski definition) is 6. The lowest BCUT2D eigenvalue weighted by atomic mass is 10.2. The van der Waals surface area contributed by atoms with E-state index in [-0.39, 0.29) is 0 Å². The zero-order chi connectivity index (χ0) is 12.3. The molecule has 90 valence electrons. The summed E-state index contributed by atoms with van der Waals surface area (Å²) in [4.78, 5) is 4.40. The van der Waals surface area contributed by atoms with E-state index in [4.69, 9.17) is 4.42 Å². The summed E-state index contributed by atoms with van der Waals surface area (Å²) in [7, 11) is 1.92. The van der Waals surface area contributed by atoms with E-state index in [0.717, 1.165) is 22.7 Å². The average molecular weight is 250 g/mol. The van der Waals surface area contributed by atoms with Gasteiger partial charge in [-0.15, -0.1) is 10.2 Å². The Hall–Kier alpha value is -1.40. The molecule has 2 aromatic heterocycles. The van der Waals surface area contributed by atoms with Crippen molar-refractivity contribution in [3.63, 3.8) is 0 Å². The molecule has 5 nitrogen and oxygen atoms in total. The summed E-state index contributed by atoms with van der Waals surface area (Å²) in [6, 6.07) is 2.11. The van der Waals surface area contributed by atoms with Crippen LogP contribution in [0.3, 0.4) is 0 Å². The molecule has 6 heteroatoms. The van der Waals surface area contributed by atoms with Crippen molar-refractivity contribution in [3.05, 3.63) is 29.3 Å². The molecule has 0 aliphatic rings. The highest BCUT2D eigenvalue weighted by Crippen LogP contribution is 2.27. The smallest absolute Gasteiger partial charge is 0.282 e. The highest BCUT2D eigenvalue weighted by atomic mass is 32.2. The van der Waals surface area contributed by atoms with Crippen LogP contribution >= 0.6 is 11.8 Å². The Labute approximate surface area is 104 Å². The number of pyridine rings is 1. The molecule has 0 aliphatic carbocycles. The zero-order valence-corrected chi connectivity index (χ0v) is 10.8. The lowest BCUT2D eigenvalue weighted by molar-refractivity contribution is 0.429. The van der Waals surface area contributed by atoms with Crippen molar-refractivity contribution in [3.8, 4) is 0 Å². The molecule has 2 aromatic rings. The minimum atomic E-state index is 0.527. The third-order valence-corrected chi connectivity index (χ3v) is 3.12. The molecule has 0 spiro atoms. The molecule has 0 radical (unpaired) electrons. The lowest BCUT2D eigenvalue weighted by Crippen LogP contribution is -2.05. The van der Waals surface area contributed by atoms with E-state index in [0.29, 0.717) is 11.1 Å². The topological polar surface area (TPSA) is 63.8 Å². The summed E-state index contributed by atoms with van der Waals surface area (Å²) in [6.45, 7) is 4.61. The van der Waals surface area contributed by atoms with Gasteiger partial charge in [0.1, 0.15) is 5.03 Å². The maximum Gasteiger partial charge on any atom is 0.282 e. The molecule has 1 N–H and O–H groups in total. The normalized spacial score (nSPS) is 10.8. The molecule has 0 aliphatic heterocycles. The molecule has 0 amide bonds. The number of rotatable bonds is 4. The Morgan fingerprint density at radius 2 is 2.18 bits per heavy atom. The van der Waals surface area contributed by atoms with Crippen LogP contribution in [-0.2, 0) is 6.54 Å². The molecule has 0 fully saturated rings. The van der Waals surface area contributed by atoms with Gasteiger partial charge in [0.15, 0.2) is 0 Å². The first-order valence-corrected chi connectivity index (χ1v) is 6.09. The van der Waals surface area contributed by atoms with E-state index in [2.05, 4.69) is 26.6 Å². The summed E-state index contributed by atoms with van der Waals surface area (Å²) in [5, 5.41) is 12.2. The van der Waals surface area contributed by atoms with Crippen LogP contribution in [0.25, 0.3) is 0 Å². The maximum atomic E-state index is 5.31. The van der Waals surface area contributed by atoms with Crippen LogP contribution in [0.5, 0.6) is 0 Å². The number of nitrogens with one attached hydrogen (secondary N) is 1. The number of nitrogens with zero attached hydrogens (tertiary/aromatic N) is 3. The average Bonchev–Trinajstić information content (AvgIpc) is 2.69. The zero-order valence-electron chi connectivity index (χ0n) is 10.0. The summed E-state index contributed by atoms with van der Waals surface area (Å²) in [5.74, 6) is 0.567. The van der Waals surface area contributed by atoms with Crippen LogP contribution in [-0.4, -0.2) is 22.2 Å². The number of hydrogen-bond donors (Lipinski definition) is 1. The monoisotopic (exact) mass is 250 g/mol. The second kappa shape index (κ2) is 5.29. The first kappa shape index (κ1) is 12.1. The lowest BCUT2D eigenvalue weighted by Gasteiger charge is -2.04. The third-order valence-electron chi connectivity index (χ3n) is 2.16. The van der Waals surface area contributed by atoms with Gasteiger partial charge in [0.05, 0.1) is 0 Å². The Kier molecular flexibility index (Phi) is 3.75. The van der Waals surface area contributed by atoms with Crippen molar-refractivity contribution in [2.75, 3.05) is 7.05 Å². The van der Waals surface area contributed by atoms with E-state index in [1.54, 1.807) is 6.92 Å². The molecular formula is C11H14N4OS. The molecule has 0 saturated heterocycles. The van der Waals surface area contributed by atoms with Crippen LogP contribution < -0.4 is 5.32 Å². The van der Waals surface area contributed by atoms with E-state index >= 15 is 0 Å². The molecule has 2 heterocycles. The van der Waals surface area contributed by atoms with Gasteiger partial charge in [-0.25, -0.2) is 4.98 Å². The van der Waals surface area contributed by atoms with Gasteiger partial charge in [0.25, 0.3) is 5.22 Å². The Balaban J connectivity index is 2.16. The van der Waals surface area contributed by atoms with E-state index in [1.165, 1.54) is 11.8 Å². The van der Waals surface area contributed by atoms with E-state index < -0.39 is 0 Å². The molecule has 2 rings (SSSR count). The van der Waals surface area contributed by atoms with E-state index in [9.17, 15) is 0 Å². The molecule has 0 aromatic carbocycles. The van der Waals surface area contributed by atoms with Crippen molar-refractivity contribution < 1.29 is 4.42 Å². The van der Waals surface area contributed by atoms with Gasteiger partial charge >= 0.3 is 0 Å². The molecule has 0 atom stereocenters. The standard InChI is InChI=1S/C11H14N4OS/c1-7-4-9(5-12-3)6-13-10(7)17-11-15-14-8(2)16-11/h4,6,12H,5H2,1-3H3. The Morgan fingerprint density at radius 1 is 1.35 bits per heavy atom. The first-order valence-electron chi connectivity index (χ1n) is 5.27. The van der Waals surface area contributed by atoms with Crippen LogP contribution in [0.4, 0.5) is 0 Å². The molecule has 0 saturated carbocycles. The fourth-order valence-electron chi connectivity index (χ4n) is 1.43. The van der Waals surface area contributed by atoms with Gasteiger partial charge in [-0.05, 0) is 36.9 Å². The van der Waals surface area contributed by atoms with Crippen LogP contribution in [0.2, 0.25) is 0 Å². The second-order valence-corrected chi connectivity index (χ2v) is 4.63. The van der Waals surface area contributed by atoms with Gasteiger partial charge in [-0.3, -0.25) is 0 Å². The van der Waals surface area contributed by atoms with Crippen LogP contribution in [0.1, 0.15) is 17.0 Å². The van der Waals surface area contributed by atoms with Crippen molar-refractivity contribution in [2.45, 2.75) is 30.6 Å². The highest BCUT2D eigenvalue weighted by molar-refractivity contribution is 7.99. The van der Waals surface area contributed by atoms with Crippen molar-refractivity contribution in [1.82, 2.24) is 20.5 Å². The quantitative estimate of drug-likeness (QED) is 0.894. The Bertz CT molecular complexity index is 512. The van der Waals surface area contributed by atoms with Crippen LogP contribution in [0.15, 0.2) is 26.9 Å². The van der Waals surface area contributed by atoms with Crippen LogP contribution in [0, 0.1) is 13.8 Å². The minimum absolute atomic E-state index is 0.527. The molecule has 0 unspecified atom stereocenters. The van der Waals surface area contributed by atoms with Crippen molar-refractivity contribution in [1.29, 1.82) is 0 Å². The van der Waals surface area contributed by atoms with Gasteiger partial charge in [-0.2, -0.15) is 0 Å². The summed E-state index contributed by atoms with van der Waals surface area (Å²) < 4.78 is 5.31. The van der Waals surface area contributed by atoms with Gasteiger partial charge < -0.3 is 9.73 Å². The fourth-order valence-corrected chi connectivity index (χ4v) is 2.17. The minimum Gasteiger partial charge on any atom is -0.416 e. The SMILES string of the molecule is CNCc1cnc(Sc2nnc(C)o2)c(C)c1. The molecule has 0 bridgehead atoms. The van der Waals surface area contributed by atoms with Crippen molar-refractivity contribution >= 4 is 11.8 Å². The Morgan fingerprint density at radius 3 is 2.76 bits per heavy atom. The summed E-state index contributed by atoms with van der Waals surface area (Å²) >= 11 is 1.39. The third kappa shape index (κ3) is 3.04. The fraction of sp³-hybridized carbons (Fsp3) is 0.364. The first-order chi connectivity index (χ1) is 8.19. The van der Waals surface area contributed by atoms with Crippen molar-refractivity contribution in [2.24, 2.45) is 0 Å². The number of aryl methyl sites for hydroxylation is 2. The van der Waals surface area contributed by atoms with Gasteiger partial charge in [-0.1, -0.05) is 6.07 Å². The van der Waals surface area contributed by atoms with E-state index in [1.807, 2.05) is 20.2 Å². The summed E-state index contributed by atoms with van der Waals surface area (Å²) in [5.41, 5.74) is 2.27. The second-order valence-electron chi connectivity index (χ2n) is 3.68. The summed E-state index contributed by atoms with van der Waals surface area (Å²) in [6.07, 6.45) is 1.86. The van der Waals surface area contributed by atoms with Gasteiger partial charge in [0.2, 0.25) is 5.89 Å². The molecular weight excluding hydrogens is 236 g/mol. The largest absolute Gasteiger partial charge is 0.416 e. The predicted octanol–water partition coefficient (Wildman–Crippen LogP) is 1.95. The highest BCUT2D eigenvalue weighted by Gasteiger charge is 2.09. The number of aromatic nitrogens is 3.